The van der Waals surface area contributed by atoms with Crippen LogP contribution in [0, 0.1) is 0 Å². The Bertz CT molecular complexity index is 542. The van der Waals surface area contributed by atoms with Gasteiger partial charge in [0.05, 0.1) is 5.69 Å². The summed E-state index contributed by atoms with van der Waals surface area (Å²) in [6, 6.07) is 13.2. The van der Waals surface area contributed by atoms with E-state index in [9.17, 15) is 0 Å². The van der Waals surface area contributed by atoms with Crippen LogP contribution in [0.4, 0.5) is 0 Å². The molecule has 20 heavy (non-hydrogen) atoms. The number of fused-ring (bicyclic) bond motifs is 2. The fourth-order valence-corrected chi connectivity index (χ4v) is 3.17. The first kappa shape index (κ1) is 13.3. The van der Waals surface area contributed by atoms with Crippen molar-refractivity contribution < 1.29 is 0 Å². The van der Waals surface area contributed by atoms with Crippen molar-refractivity contribution in [2.75, 3.05) is 20.6 Å². The van der Waals surface area contributed by atoms with Gasteiger partial charge >= 0.3 is 0 Å². The molecule has 2 heteroatoms. The van der Waals surface area contributed by atoms with Crippen molar-refractivity contribution in [2.24, 2.45) is 0 Å². The highest BCUT2D eigenvalue weighted by atomic mass is 15.0. The van der Waals surface area contributed by atoms with Gasteiger partial charge in [-0.2, -0.15) is 0 Å². The van der Waals surface area contributed by atoms with Crippen molar-refractivity contribution in [3.63, 3.8) is 0 Å². The summed E-state index contributed by atoms with van der Waals surface area (Å²) >= 11 is 0. The van der Waals surface area contributed by atoms with Crippen LogP contribution in [-0.4, -0.2) is 30.5 Å². The zero-order chi connectivity index (χ0) is 13.9. The molecule has 0 amide bonds. The van der Waals surface area contributed by atoms with Gasteiger partial charge in [0.1, 0.15) is 0 Å². The lowest BCUT2D eigenvalue weighted by molar-refractivity contribution is 0.389. The molecule has 0 spiro atoms. The van der Waals surface area contributed by atoms with Crippen molar-refractivity contribution in [1.29, 1.82) is 0 Å². The number of benzene rings is 1. The Morgan fingerprint density at radius 3 is 2.65 bits per heavy atom. The fraction of sp³-hybridized carbons (Fsp3) is 0.389. The maximum absolute atomic E-state index is 4.72. The summed E-state index contributed by atoms with van der Waals surface area (Å²) in [6.45, 7) is 1.09. The largest absolute Gasteiger partial charge is 0.309 e. The van der Waals surface area contributed by atoms with E-state index in [-0.39, 0.29) is 0 Å². The summed E-state index contributed by atoms with van der Waals surface area (Å²) in [5.41, 5.74) is 5.69. The third-order valence-electron chi connectivity index (χ3n) is 4.22. The second-order valence-electron chi connectivity index (χ2n) is 5.89. The van der Waals surface area contributed by atoms with Crippen molar-refractivity contribution in [1.82, 2.24) is 9.88 Å². The maximum Gasteiger partial charge on any atom is 0.0510 e. The Kier molecular flexibility index (Phi) is 3.83. The van der Waals surface area contributed by atoms with Crippen molar-refractivity contribution in [3.05, 3.63) is 65.0 Å². The van der Waals surface area contributed by atoms with E-state index in [2.05, 4.69) is 55.4 Å². The lowest BCUT2D eigenvalue weighted by Gasteiger charge is -2.21. The Labute approximate surface area is 121 Å². The van der Waals surface area contributed by atoms with E-state index in [0.29, 0.717) is 5.92 Å². The number of rotatable bonds is 3. The van der Waals surface area contributed by atoms with E-state index >= 15 is 0 Å². The highest BCUT2D eigenvalue weighted by Crippen LogP contribution is 2.35. The van der Waals surface area contributed by atoms with Gasteiger partial charge in [-0.25, -0.2) is 0 Å². The molecule has 0 aliphatic heterocycles. The molecule has 1 aromatic heterocycles. The van der Waals surface area contributed by atoms with E-state index < -0.39 is 0 Å². The van der Waals surface area contributed by atoms with Crippen LogP contribution in [0.5, 0.6) is 0 Å². The number of nitrogens with zero attached hydrogens (tertiary/aromatic N) is 2. The average Bonchev–Trinajstić information content (AvgIpc) is 2.62. The number of pyridine rings is 1. The highest BCUT2D eigenvalue weighted by Gasteiger charge is 2.24. The minimum absolute atomic E-state index is 0.437. The predicted molar refractivity (Wildman–Crippen MR) is 83.1 cm³/mol. The lowest BCUT2D eigenvalue weighted by Crippen LogP contribution is -2.17. The quantitative estimate of drug-likeness (QED) is 0.847. The van der Waals surface area contributed by atoms with Gasteiger partial charge in [-0.1, -0.05) is 30.3 Å². The predicted octanol–water partition coefficient (Wildman–Crippen LogP) is 3.26. The van der Waals surface area contributed by atoms with Gasteiger partial charge in [0.25, 0.3) is 0 Å². The molecular weight excluding hydrogens is 244 g/mol. The van der Waals surface area contributed by atoms with E-state index in [1.165, 1.54) is 22.4 Å². The molecule has 0 radical (unpaired) electrons. The Balaban J connectivity index is 2.04. The molecule has 1 atom stereocenters. The van der Waals surface area contributed by atoms with Crippen LogP contribution in [0.2, 0.25) is 0 Å². The SMILES string of the molecule is CN(C)CC[C@H]1c2ccccc2CCc2cccnc21. The third-order valence-corrected chi connectivity index (χ3v) is 4.22. The van der Waals surface area contributed by atoms with E-state index in [1.807, 2.05) is 6.20 Å². The Morgan fingerprint density at radius 2 is 1.80 bits per heavy atom. The maximum atomic E-state index is 4.72. The van der Waals surface area contributed by atoms with Gasteiger partial charge in [0.2, 0.25) is 0 Å². The highest BCUT2D eigenvalue weighted by molar-refractivity contribution is 5.41. The number of hydrogen-bond acceptors (Lipinski definition) is 2. The molecule has 0 fully saturated rings. The normalized spacial score (nSPS) is 17.4. The topological polar surface area (TPSA) is 16.1 Å². The summed E-state index contributed by atoms with van der Waals surface area (Å²) in [6.07, 6.45) is 5.31. The van der Waals surface area contributed by atoms with E-state index in [4.69, 9.17) is 4.98 Å². The standard InChI is InChI=1S/C18H22N2/c1-20(2)13-11-17-16-8-4-3-6-14(16)9-10-15-7-5-12-19-18(15)17/h3-8,12,17H,9-11,13H2,1-2H3/t17-/m0/s1. The smallest absolute Gasteiger partial charge is 0.0510 e. The molecule has 1 heterocycles. The van der Waals surface area contributed by atoms with Gasteiger partial charge in [0.15, 0.2) is 0 Å². The second-order valence-corrected chi connectivity index (χ2v) is 5.89. The molecule has 0 N–H and O–H groups in total. The van der Waals surface area contributed by atoms with Gasteiger partial charge < -0.3 is 4.90 Å². The molecular formula is C18H22N2. The molecule has 0 bridgehead atoms. The van der Waals surface area contributed by atoms with Crippen LogP contribution >= 0.6 is 0 Å². The van der Waals surface area contributed by atoms with E-state index in [0.717, 1.165) is 25.8 Å². The van der Waals surface area contributed by atoms with Crippen LogP contribution in [0.1, 0.15) is 34.7 Å². The van der Waals surface area contributed by atoms with E-state index in [1.54, 1.807) is 0 Å². The first-order valence-corrected chi connectivity index (χ1v) is 7.42. The summed E-state index contributed by atoms with van der Waals surface area (Å²) in [5.74, 6) is 0.437. The minimum Gasteiger partial charge on any atom is -0.309 e. The zero-order valence-electron chi connectivity index (χ0n) is 12.3. The summed E-state index contributed by atoms with van der Waals surface area (Å²) < 4.78 is 0. The molecule has 0 unspecified atom stereocenters. The number of aryl methyl sites for hydroxylation is 2. The summed E-state index contributed by atoms with van der Waals surface area (Å²) in [7, 11) is 4.28. The van der Waals surface area contributed by atoms with Crippen molar-refractivity contribution >= 4 is 0 Å². The zero-order valence-corrected chi connectivity index (χ0v) is 12.3. The number of aromatic nitrogens is 1. The monoisotopic (exact) mass is 266 g/mol. The Hall–Kier alpha value is -1.67. The average molecular weight is 266 g/mol. The number of hydrogen-bond donors (Lipinski definition) is 0. The lowest BCUT2D eigenvalue weighted by atomic mass is 9.89. The molecule has 1 aliphatic carbocycles. The summed E-state index contributed by atoms with van der Waals surface area (Å²) in [5, 5.41) is 0. The molecule has 2 aromatic rings. The molecule has 1 aliphatic rings. The van der Waals surface area contributed by atoms with Crippen LogP contribution in [-0.2, 0) is 12.8 Å². The molecule has 0 saturated heterocycles. The van der Waals surface area contributed by atoms with Gasteiger partial charge in [-0.05, 0) is 62.7 Å². The van der Waals surface area contributed by atoms with Gasteiger partial charge in [-0.15, -0.1) is 0 Å². The molecule has 0 saturated carbocycles. The summed E-state index contributed by atoms with van der Waals surface area (Å²) in [4.78, 5) is 6.98. The van der Waals surface area contributed by atoms with Crippen LogP contribution in [0.15, 0.2) is 42.6 Å². The molecule has 3 rings (SSSR count). The fourth-order valence-electron chi connectivity index (χ4n) is 3.17. The molecule has 1 aromatic carbocycles. The van der Waals surface area contributed by atoms with Crippen molar-refractivity contribution in [3.8, 4) is 0 Å². The van der Waals surface area contributed by atoms with Gasteiger partial charge in [0, 0.05) is 12.1 Å². The van der Waals surface area contributed by atoms with Crippen LogP contribution in [0.25, 0.3) is 0 Å². The van der Waals surface area contributed by atoms with Crippen molar-refractivity contribution in [2.45, 2.75) is 25.2 Å². The second kappa shape index (κ2) is 5.76. The molecule has 104 valence electrons. The first-order chi connectivity index (χ1) is 9.75. The third kappa shape index (κ3) is 2.61. The minimum atomic E-state index is 0.437. The van der Waals surface area contributed by atoms with Crippen LogP contribution in [0.3, 0.4) is 0 Å². The van der Waals surface area contributed by atoms with Gasteiger partial charge in [-0.3, -0.25) is 4.98 Å². The Morgan fingerprint density at radius 1 is 1.05 bits per heavy atom. The van der Waals surface area contributed by atoms with Crippen LogP contribution < -0.4 is 0 Å². The first-order valence-electron chi connectivity index (χ1n) is 7.42. The molecule has 2 nitrogen and oxygen atoms in total.